The molecule has 0 aliphatic heterocycles. The van der Waals surface area contributed by atoms with Gasteiger partial charge in [-0.25, -0.2) is 0 Å². The smallest absolute Gasteiger partial charge is 0.185 e. The first-order chi connectivity index (χ1) is 12.9. The van der Waals surface area contributed by atoms with Gasteiger partial charge in [-0.2, -0.15) is 0 Å². The van der Waals surface area contributed by atoms with Crippen LogP contribution >= 0.6 is 0 Å². The molecule has 2 atom stereocenters. The molecule has 0 radical (unpaired) electrons. The fraction of sp³-hybridized carbons (Fsp3) is 0.409. The van der Waals surface area contributed by atoms with Crippen LogP contribution in [0.4, 0.5) is 0 Å². The van der Waals surface area contributed by atoms with Gasteiger partial charge in [0.25, 0.3) is 0 Å². The van der Waals surface area contributed by atoms with Crippen molar-refractivity contribution in [1.29, 1.82) is 0 Å². The summed E-state index contributed by atoms with van der Waals surface area (Å²) in [5, 5.41) is 0. The van der Waals surface area contributed by atoms with Crippen LogP contribution in [0.3, 0.4) is 0 Å². The Morgan fingerprint density at radius 2 is 1.81 bits per heavy atom. The summed E-state index contributed by atoms with van der Waals surface area (Å²) in [4.78, 5) is 12.3. The van der Waals surface area contributed by atoms with Crippen LogP contribution in [0.15, 0.2) is 54.3 Å². The van der Waals surface area contributed by atoms with Gasteiger partial charge in [0.05, 0.1) is 21.3 Å². The number of carbonyl (C=O) groups excluding carboxylic acids is 1. The van der Waals surface area contributed by atoms with Gasteiger partial charge in [0.1, 0.15) is 11.4 Å². The highest BCUT2D eigenvalue weighted by Crippen LogP contribution is 2.39. The molecule has 1 aliphatic rings. The van der Waals surface area contributed by atoms with Gasteiger partial charge >= 0.3 is 0 Å². The molecule has 0 spiro atoms. The van der Waals surface area contributed by atoms with E-state index in [1.54, 1.807) is 34.5 Å². The number of benzene rings is 1. The van der Waals surface area contributed by atoms with Crippen molar-refractivity contribution < 1.29 is 23.7 Å². The van der Waals surface area contributed by atoms with Crippen LogP contribution < -0.4 is 9.47 Å². The molecule has 0 fully saturated rings. The maximum atomic E-state index is 12.3. The van der Waals surface area contributed by atoms with Crippen molar-refractivity contribution in [2.45, 2.75) is 25.4 Å². The molecule has 5 heteroatoms. The lowest BCUT2D eigenvalue weighted by atomic mass is 9.77. The average Bonchev–Trinajstić information content (AvgIpc) is 2.69. The van der Waals surface area contributed by atoms with Crippen molar-refractivity contribution in [3.05, 3.63) is 59.9 Å². The Morgan fingerprint density at radius 3 is 2.37 bits per heavy atom. The van der Waals surface area contributed by atoms with Crippen LogP contribution in [0.25, 0.3) is 0 Å². The summed E-state index contributed by atoms with van der Waals surface area (Å²) in [7, 11) is 6.42. The van der Waals surface area contributed by atoms with E-state index in [4.69, 9.17) is 18.9 Å². The molecule has 5 nitrogen and oxygen atoms in total. The number of methoxy groups -OCH3 is 4. The van der Waals surface area contributed by atoms with E-state index in [0.717, 1.165) is 5.56 Å². The Bertz CT molecular complexity index is 762. The van der Waals surface area contributed by atoms with Crippen LogP contribution in [0.2, 0.25) is 0 Å². The Morgan fingerprint density at radius 1 is 1.11 bits per heavy atom. The second-order valence-corrected chi connectivity index (χ2v) is 6.53. The molecule has 27 heavy (non-hydrogen) atoms. The predicted molar refractivity (Wildman–Crippen MR) is 105 cm³/mol. The summed E-state index contributed by atoms with van der Waals surface area (Å²) in [6.07, 6.45) is 6.30. The van der Waals surface area contributed by atoms with Crippen LogP contribution in [-0.2, 0) is 20.7 Å². The van der Waals surface area contributed by atoms with E-state index >= 15 is 0 Å². The molecular formula is C22H28O5. The van der Waals surface area contributed by atoms with Crippen LogP contribution in [0.5, 0.6) is 11.5 Å². The maximum absolute atomic E-state index is 12.3. The zero-order chi connectivity index (χ0) is 20.0. The van der Waals surface area contributed by atoms with E-state index in [1.807, 2.05) is 24.3 Å². The highest BCUT2D eigenvalue weighted by atomic mass is 16.5. The molecular weight excluding hydrogens is 344 g/mol. The molecule has 0 heterocycles. The normalized spacial score (nSPS) is 20.4. The molecule has 0 amide bonds. The third kappa shape index (κ3) is 4.08. The van der Waals surface area contributed by atoms with Crippen molar-refractivity contribution in [2.24, 2.45) is 5.92 Å². The molecule has 0 N–H and O–H groups in total. The Hall–Kier alpha value is -2.53. The number of hydrogen-bond donors (Lipinski definition) is 0. The van der Waals surface area contributed by atoms with Gasteiger partial charge in [-0.05, 0) is 36.6 Å². The summed E-state index contributed by atoms with van der Waals surface area (Å²) in [5.74, 6) is 1.80. The third-order valence-corrected chi connectivity index (χ3v) is 5.00. The largest absolute Gasteiger partial charge is 0.498 e. The maximum Gasteiger partial charge on any atom is 0.185 e. The monoisotopic (exact) mass is 372 g/mol. The van der Waals surface area contributed by atoms with Crippen LogP contribution in [0, 0.1) is 5.92 Å². The molecule has 0 aromatic heterocycles. The molecule has 1 aromatic rings. The minimum Gasteiger partial charge on any atom is -0.498 e. The van der Waals surface area contributed by atoms with Crippen molar-refractivity contribution in [3.63, 3.8) is 0 Å². The molecule has 1 aromatic carbocycles. The second-order valence-electron chi connectivity index (χ2n) is 6.53. The van der Waals surface area contributed by atoms with E-state index < -0.39 is 5.60 Å². The van der Waals surface area contributed by atoms with Crippen molar-refractivity contribution in [3.8, 4) is 11.5 Å². The number of ether oxygens (including phenoxy) is 4. The first kappa shape index (κ1) is 20.8. The minimum absolute atomic E-state index is 0.000263. The highest BCUT2D eigenvalue weighted by molar-refractivity contribution is 6.06. The van der Waals surface area contributed by atoms with Gasteiger partial charge in [0.15, 0.2) is 17.3 Å². The summed E-state index contributed by atoms with van der Waals surface area (Å²) in [6.45, 7) is 5.81. The SMILES string of the molecule is C=CCC1=CC(OC)(C(C)Cc2ccc(OC)c(OC)c2)C(OC)=CC1=O. The van der Waals surface area contributed by atoms with Crippen LogP contribution in [0.1, 0.15) is 18.9 Å². The molecule has 0 saturated heterocycles. The number of hydrogen-bond acceptors (Lipinski definition) is 5. The summed E-state index contributed by atoms with van der Waals surface area (Å²) in [6, 6.07) is 5.84. The zero-order valence-corrected chi connectivity index (χ0v) is 16.7. The lowest BCUT2D eigenvalue weighted by Crippen LogP contribution is -2.43. The molecule has 1 aliphatic carbocycles. The zero-order valence-electron chi connectivity index (χ0n) is 16.7. The van der Waals surface area contributed by atoms with E-state index in [0.29, 0.717) is 35.7 Å². The Labute approximate surface area is 161 Å². The lowest BCUT2D eigenvalue weighted by Gasteiger charge is -2.39. The molecule has 2 unspecified atom stereocenters. The minimum atomic E-state index is -0.825. The summed E-state index contributed by atoms with van der Waals surface area (Å²) >= 11 is 0. The van der Waals surface area contributed by atoms with Gasteiger partial charge in [0.2, 0.25) is 0 Å². The first-order valence-electron chi connectivity index (χ1n) is 8.84. The first-order valence-corrected chi connectivity index (χ1v) is 8.84. The van der Waals surface area contributed by atoms with Crippen molar-refractivity contribution >= 4 is 5.78 Å². The Balaban J connectivity index is 2.40. The fourth-order valence-electron chi connectivity index (χ4n) is 3.52. The van der Waals surface area contributed by atoms with Gasteiger partial charge in [-0.3, -0.25) is 4.79 Å². The van der Waals surface area contributed by atoms with E-state index in [1.165, 1.54) is 6.08 Å². The number of carbonyl (C=O) groups is 1. The predicted octanol–water partition coefficient (Wildman–Crippen LogP) is 3.88. The quantitative estimate of drug-likeness (QED) is 0.616. The van der Waals surface area contributed by atoms with Crippen molar-refractivity contribution in [1.82, 2.24) is 0 Å². The van der Waals surface area contributed by atoms with Crippen LogP contribution in [-0.4, -0.2) is 39.8 Å². The standard InChI is InChI=1S/C22H28O5/c1-7-8-17-14-22(27-6,21(26-5)13-18(17)23)15(2)11-16-9-10-19(24-3)20(12-16)25-4/h7,9-10,12-15H,1,8,11H2,2-6H3. The topological polar surface area (TPSA) is 54.0 Å². The van der Waals surface area contributed by atoms with Gasteiger partial charge in [0, 0.05) is 24.7 Å². The number of rotatable bonds is 9. The molecule has 0 saturated carbocycles. The number of ketones is 1. The van der Waals surface area contributed by atoms with E-state index in [2.05, 4.69) is 13.5 Å². The highest BCUT2D eigenvalue weighted by Gasteiger charge is 2.43. The fourth-order valence-corrected chi connectivity index (χ4v) is 3.52. The Kier molecular flexibility index (Phi) is 6.86. The second kappa shape index (κ2) is 8.91. The van der Waals surface area contributed by atoms with Gasteiger partial charge in [-0.1, -0.05) is 19.1 Å². The van der Waals surface area contributed by atoms with Gasteiger partial charge in [-0.15, -0.1) is 6.58 Å². The van der Waals surface area contributed by atoms with E-state index in [9.17, 15) is 4.79 Å². The average molecular weight is 372 g/mol. The number of allylic oxidation sites excluding steroid dienone is 3. The molecule has 146 valence electrons. The molecule has 0 bridgehead atoms. The van der Waals surface area contributed by atoms with Crippen molar-refractivity contribution in [2.75, 3.05) is 28.4 Å². The third-order valence-electron chi connectivity index (χ3n) is 5.00. The summed E-state index contributed by atoms with van der Waals surface area (Å²) in [5.41, 5.74) is 0.906. The van der Waals surface area contributed by atoms with Gasteiger partial charge < -0.3 is 18.9 Å². The summed E-state index contributed by atoms with van der Waals surface area (Å²) < 4.78 is 22.2. The molecule has 2 rings (SSSR count). The van der Waals surface area contributed by atoms with E-state index in [-0.39, 0.29) is 11.7 Å². The lowest BCUT2D eigenvalue weighted by molar-refractivity contribution is -0.112.